The van der Waals surface area contributed by atoms with Crippen LogP contribution < -0.4 is 10.2 Å². The Morgan fingerprint density at radius 3 is 2.68 bits per heavy atom. The fourth-order valence-electron chi connectivity index (χ4n) is 2.64. The molecule has 0 saturated carbocycles. The zero-order valence-electron chi connectivity index (χ0n) is 11.5. The highest BCUT2D eigenvalue weighted by Gasteiger charge is 2.24. The van der Waals surface area contributed by atoms with Crippen molar-refractivity contribution in [2.75, 3.05) is 23.9 Å². The third-order valence-electron chi connectivity index (χ3n) is 3.61. The van der Waals surface area contributed by atoms with Crippen molar-refractivity contribution in [2.24, 2.45) is 0 Å². The van der Waals surface area contributed by atoms with E-state index in [1.54, 1.807) is 0 Å². The number of thiophene rings is 1. The average molecular weight is 338 g/mol. The lowest BCUT2D eigenvalue weighted by Crippen LogP contribution is -2.15. The summed E-state index contributed by atoms with van der Waals surface area (Å²) in [5.74, 6) is -1.19. The van der Waals surface area contributed by atoms with Crippen molar-refractivity contribution in [2.45, 2.75) is 0 Å². The number of anilines is 2. The number of pyridine rings is 1. The molecule has 0 amide bonds. The topological polar surface area (TPSA) is 28.2 Å². The number of nitrogens with zero attached hydrogens (tertiary/aromatic N) is 2. The Kier molecular flexibility index (Phi) is 2.99. The maximum Gasteiger partial charge on any atom is 0.155 e. The van der Waals surface area contributed by atoms with Gasteiger partial charge in [-0.25, -0.2) is 13.8 Å². The number of rotatable bonds is 1. The molecular weight excluding hydrogens is 328 g/mol. The molecule has 4 rings (SSSR count). The van der Waals surface area contributed by atoms with Gasteiger partial charge in [0.25, 0.3) is 0 Å². The number of hydrogen-bond donors (Lipinski definition) is 1. The van der Waals surface area contributed by atoms with E-state index in [-0.39, 0.29) is 0 Å². The fraction of sp³-hybridized carbons (Fsp3) is 0.133. The van der Waals surface area contributed by atoms with Crippen LogP contribution in [0.15, 0.2) is 24.3 Å². The lowest BCUT2D eigenvalue weighted by atomic mass is 10.1. The highest BCUT2D eigenvalue weighted by Crippen LogP contribution is 2.46. The Balaban J connectivity index is 1.97. The van der Waals surface area contributed by atoms with Crippen LogP contribution in [0.3, 0.4) is 0 Å². The summed E-state index contributed by atoms with van der Waals surface area (Å²) in [5, 5.41) is 3.60. The monoisotopic (exact) mass is 337 g/mol. The molecule has 3 aromatic rings. The van der Waals surface area contributed by atoms with Crippen LogP contribution in [0, 0.1) is 11.6 Å². The first-order valence-electron chi connectivity index (χ1n) is 6.57. The molecule has 112 valence electrons. The van der Waals surface area contributed by atoms with E-state index in [4.69, 9.17) is 11.6 Å². The van der Waals surface area contributed by atoms with E-state index < -0.39 is 11.6 Å². The van der Waals surface area contributed by atoms with Gasteiger partial charge in [0.1, 0.15) is 11.6 Å². The highest BCUT2D eigenvalue weighted by molar-refractivity contribution is 7.22. The van der Waals surface area contributed by atoms with E-state index in [9.17, 15) is 8.78 Å². The lowest BCUT2D eigenvalue weighted by Gasteiger charge is -2.10. The molecule has 1 aromatic carbocycles. The van der Waals surface area contributed by atoms with Gasteiger partial charge in [-0.3, -0.25) is 0 Å². The van der Waals surface area contributed by atoms with E-state index in [1.807, 2.05) is 18.0 Å². The molecule has 0 atom stereocenters. The molecule has 0 saturated heterocycles. The van der Waals surface area contributed by atoms with Crippen molar-refractivity contribution < 1.29 is 8.78 Å². The standard InChI is InChI=1S/C15H10ClF2N3S/c1-21-6-19-12-13(21)14-10(20-15(12)16)5-11(22-14)7-2-8(17)4-9(18)3-7/h2-5,19H,6H2,1H3. The van der Waals surface area contributed by atoms with Crippen LogP contribution in [0.4, 0.5) is 20.2 Å². The average Bonchev–Trinajstić information content (AvgIpc) is 3.02. The van der Waals surface area contributed by atoms with E-state index in [2.05, 4.69) is 10.3 Å². The second-order valence-electron chi connectivity index (χ2n) is 5.14. The van der Waals surface area contributed by atoms with Crippen LogP contribution in [-0.4, -0.2) is 18.7 Å². The maximum atomic E-state index is 13.4. The van der Waals surface area contributed by atoms with Crippen molar-refractivity contribution >= 4 is 44.5 Å². The Hall–Kier alpha value is -1.92. The molecule has 3 heterocycles. The van der Waals surface area contributed by atoms with Gasteiger partial charge in [0.05, 0.1) is 28.3 Å². The molecule has 0 radical (unpaired) electrons. The third-order valence-corrected chi connectivity index (χ3v) is 5.06. The van der Waals surface area contributed by atoms with Crippen LogP contribution in [0.2, 0.25) is 5.15 Å². The molecule has 7 heteroatoms. The first-order valence-corrected chi connectivity index (χ1v) is 7.77. The van der Waals surface area contributed by atoms with E-state index in [0.717, 1.165) is 32.5 Å². The number of benzene rings is 1. The van der Waals surface area contributed by atoms with Crippen molar-refractivity contribution in [3.8, 4) is 10.4 Å². The first kappa shape index (κ1) is 13.7. The third kappa shape index (κ3) is 2.02. The molecule has 1 aliphatic rings. The Morgan fingerprint density at radius 2 is 1.95 bits per heavy atom. The van der Waals surface area contributed by atoms with Gasteiger partial charge < -0.3 is 10.2 Å². The molecular formula is C15H10ClF2N3S. The van der Waals surface area contributed by atoms with Gasteiger partial charge in [0, 0.05) is 18.0 Å². The Labute approximate surface area is 134 Å². The number of nitrogens with one attached hydrogen (secondary N) is 1. The van der Waals surface area contributed by atoms with Gasteiger partial charge in [-0.15, -0.1) is 11.3 Å². The quantitative estimate of drug-likeness (QED) is 0.651. The molecule has 0 spiro atoms. The van der Waals surface area contributed by atoms with E-state index in [0.29, 0.717) is 17.4 Å². The molecule has 0 aliphatic carbocycles. The number of aromatic nitrogens is 1. The normalized spacial score (nSPS) is 13.5. The van der Waals surface area contributed by atoms with Gasteiger partial charge in [0.15, 0.2) is 5.15 Å². The van der Waals surface area contributed by atoms with Gasteiger partial charge in [-0.05, 0) is 23.8 Å². The minimum Gasteiger partial charge on any atom is -0.364 e. The Bertz CT molecular complexity index is 889. The minimum atomic E-state index is -0.595. The summed E-state index contributed by atoms with van der Waals surface area (Å²) in [4.78, 5) is 7.17. The lowest BCUT2D eigenvalue weighted by molar-refractivity contribution is 0.584. The SMILES string of the molecule is CN1CNc2c(Cl)nc3cc(-c4cc(F)cc(F)c4)sc3c21. The number of halogens is 3. The predicted octanol–water partition coefficient (Wildman–Crippen LogP) is 4.71. The van der Waals surface area contributed by atoms with Gasteiger partial charge in [-0.1, -0.05) is 11.6 Å². The van der Waals surface area contributed by atoms with Crippen molar-refractivity contribution in [1.29, 1.82) is 0 Å². The smallest absolute Gasteiger partial charge is 0.155 e. The zero-order valence-corrected chi connectivity index (χ0v) is 13.0. The summed E-state index contributed by atoms with van der Waals surface area (Å²) in [6, 6.07) is 5.31. The van der Waals surface area contributed by atoms with Gasteiger partial charge >= 0.3 is 0 Å². The summed E-state index contributed by atoms with van der Waals surface area (Å²) in [6.07, 6.45) is 0. The summed E-state index contributed by atoms with van der Waals surface area (Å²) >= 11 is 7.65. The molecule has 3 nitrogen and oxygen atoms in total. The molecule has 0 bridgehead atoms. The van der Waals surface area contributed by atoms with Crippen LogP contribution >= 0.6 is 22.9 Å². The van der Waals surface area contributed by atoms with Gasteiger partial charge in [0.2, 0.25) is 0 Å². The molecule has 1 N–H and O–H groups in total. The second-order valence-corrected chi connectivity index (χ2v) is 6.55. The zero-order chi connectivity index (χ0) is 15.4. The molecule has 0 unspecified atom stereocenters. The maximum absolute atomic E-state index is 13.4. The molecule has 1 aliphatic heterocycles. The van der Waals surface area contributed by atoms with Crippen LogP contribution in [0.25, 0.3) is 20.7 Å². The molecule has 0 fully saturated rings. The fourth-order valence-corrected chi connectivity index (χ4v) is 4.08. The Morgan fingerprint density at radius 1 is 1.23 bits per heavy atom. The van der Waals surface area contributed by atoms with Crippen LogP contribution in [-0.2, 0) is 0 Å². The largest absolute Gasteiger partial charge is 0.364 e. The number of fused-ring (bicyclic) bond motifs is 3. The van der Waals surface area contributed by atoms with Crippen molar-refractivity contribution in [3.05, 3.63) is 41.1 Å². The summed E-state index contributed by atoms with van der Waals surface area (Å²) < 4.78 is 27.8. The van der Waals surface area contributed by atoms with Gasteiger partial charge in [-0.2, -0.15) is 0 Å². The summed E-state index contributed by atoms with van der Waals surface area (Å²) in [6.45, 7) is 0.650. The number of hydrogen-bond acceptors (Lipinski definition) is 4. The van der Waals surface area contributed by atoms with Crippen LogP contribution in [0.1, 0.15) is 0 Å². The highest BCUT2D eigenvalue weighted by atomic mass is 35.5. The summed E-state index contributed by atoms with van der Waals surface area (Å²) in [7, 11) is 1.95. The second kappa shape index (κ2) is 4.79. The molecule has 2 aromatic heterocycles. The first-order chi connectivity index (χ1) is 10.5. The summed E-state index contributed by atoms with van der Waals surface area (Å²) in [5.41, 5.74) is 3.00. The minimum absolute atomic E-state index is 0.404. The van der Waals surface area contributed by atoms with E-state index >= 15 is 0 Å². The van der Waals surface area contributed by atoms with Crippen molar-refractivity contribution in [1.82, 2.24) is 4.98 Å². The van der Waals surface area contributed by atoms with Crippen molar-refractivity contribution in [3.63, 3.8) is 0 Å². The van der Waals surface area contributed by atoms with Crippen LogP contribution in [0.5, 0.6) is 0 Å². The van der Waals surface area contributed by atoms with E-state index in [1.165, 1.54) is 23.5 Å². The molecule has 22 heavy (non-hydrogen) atoms. The predicted molar refractivity (Wildman–Crippen MR) is 86.9 cm³/mol.